The number of hydrogen-bond acceptors (Lipinski definition) is 3. The van der Waals surface area contributed by atoms with Gasteiger partial charge in [0.1, 0.15) is 5.00 Å². The molecule has 0 N–H and O–H groups in total. The lowest BCUT2D eigenvalue weighted by atomic mass is 10.7. The molecule has 0 bridgehead atoms. The molecule has 0 atom stereocenters. The van der Waals surface area contributed by atoms with Gasteiger partial charge in [-0.05, 0) is 0 Å². The van der Waals surface area contributed by atoms with Gasteiger partial charge < -0.3 is 4.90 Å². The fourth-order valence-electron chi connectivity index (χ4n) is 0.430. The van der Waals surface area contributed by atoms with Gasteiger partial charge in [-0.3, -0.25) is 4.98 Å². The third kappa shape index (κ3) is 0.980. The van der Waals surface area contributed by atoms with Crippen molar-refractivity contribution >= 4 is 16.3 Å². The van der Waals surface area contributed by atoms with E-state index in [1.807, 2.05) is 30.7 Å². The monoisotopic (exact) mass is 128 g/mol. The fourth-order valence-corrected chi connectivity index (χ4v) is 0.992. The fraction of sp³-hybridized carbons (Fsp3) is 0.400. The first-order valence-corrected chi connectivity index (χ1v) is 3.24. The molecule has 0 saturated carbocycles. The molecule has 1 rings (SSSR count). The predicted octanol–water partition coefficient (Wildman–Crippen LogP) is 1.21. The predicted molar refractivity (Wildman–Crippen MR) is 36.4 cm³/mol. The van der Waals surface area contributed by atoms with Gasteiger partial charge in [0.05, 0.1) is 11.7 Å². The molecule has 0 aliphatic rings. The van der Waals surface area contributed by atoms with E-state index in [4.69, 9.17) is 0 Å². The number of thiazole rings is 1. The second kappa shape index (κ2) is 2.13. The summed E-state index contributed by atoms with van der Waals surface area (Å²) in [5.41, 5.74) is 1.83. The highest BCUT2D eigenvalue weighted by atomic mass is 32.1. The number of anilines is 1. The van der Waals surface area contributed by atoms with Crippen LogP contribution in [0.4, 0.5) is 5.00 Å². The lowest BCUT2D eigenvalue weighted by molar-refractivity contribution is 1.15. The van der Waals surface area contributed by atoms with Gasteiger partial charge in [-0.25, -0.2) is 0 Å². The molecule has 0 aliphatic heterocycles. The van der Waals surface area contributed by atoms with Crippen molar-refractivity contribution in [2.24, 2.45) is 0 Å². The summed E-state index contributed by atoms with van der Waals surface area (Å²) in [6.07, 6.45) is 1.85. The Labute approximate surface area is 52.8 Å². The van der Waals surface area contributed by atoms with Crippen LogP contribution in [-0.4, -0.2) is 19.1 Å². The molecule has 0 aliphatic carbocycles. The Kier molecular flexibility index (Phi) is 1.48. The summed E-state index contributed by atoms with van der Waals surface area (Å²) in [7, 11) is 4.01. The molecule has 3 heteroatoms. The summed E-state index contributed by atoms with van der Waals surface area (Å²) in [6.45, 7) is 0. The minimum atomic E-state index is 1.20. The molecule has 8 heavy (non-hydrogen) atoms. The van der Waals surface area contributed by atoms with Gasteiger partial charge in [0, 0.05) is 14.1 Å². The average Bonchev–Trinajstić information content (AvgIpc) is 2.12. The van der Waals surface area contributed by atoms with Crippen LogP contribution in [0, 0.1) is 0 Å². The molecule has 0 radical (unpaired) electrons. The Morgan fingerprint density at radius 3 is 2.62 bits per heavy atom. The summed E-state index contributed by atoms with van der Waals surface area (Å²) < 4.78 is 0. The number of aromatic nitrogens is 1. The van der Waals surface area contributed by atoms with E-state index in [1.165, 1.54) is 5.00 Å². The first-order chi connectivity index (χ1) is 3.80. The van der Waals surface area contributed by atoms with E-state index in [1.54, 1.807) is 11.3 Å². The second-order valence-corrected chi connectivity index (χ2v) is 2.60. The van der Waals surface area contributed by atoms with Crippen LogP contribution in [-0.2, 0) is 0 Å². The molecule has 1 aromatic rings. The molecule has 0 aromatic carbocycles. The SMILES string of the molecule is CN(C)c1cncs1. The van der Waals surface area contributed by atoms with Gasteiger partial charge in [0.15, 0.2) is 0 Å². The van der Waals surface area contributed by atoms with Gasteiger partial charge in [-0.1, -0.05) is 0 Å². The van der Waals surface area contributed by atoms with Gasteiger partial charge in [-0.2, -0.15) is 0 Å². The van der Waals surface area contributed by atoms with Crippen LogP contribution in [0.15, 0.2) is 11.7 Å². The molecule has 2 nitrogen and oxygen atoms in total. The molecule has 0 amide bonds. The Bertz CT molecular complexity index is 145. The van der Waals surface area contributed by atoms with Crippen LogP contribution in [0.2, 0.25) is 0 Å². The maximum absolute atomic E-state index is 3.92. The molecule has 44 valence electrons. The summed E-state index contributed by atoms with van der Waals surface area (Å²) in [5.74, 6) is 0. The first-order valence-electron chi connectivity index (χ1n) is 2.36. The molecular formula is C5H8N2S. The van der Waals surface area contributed by atoms with Gasteiger partial charge in [-0.15, -0.1) is 11.3 Å². The Hall–Kier alpha value is -0.570. The van der Waals surface area contributed by atoms with E-state index < -0.39 is 0 Å². The summed E-state index contributed by atoms with van der Waals surface area (Å²) in [5, 5.41) is 1.20. The van der Waals surface area contributed by atoms with E-state index >= 15 is 0 Å². The van der Waals surface area contributed by atoms with Crippen molar-refractivity contribution in [3.05, 3.63) is 11.7 Å². The number of hydrogen-bond donors (Lipinski definition) is 0. The van der Waals surface area contributed by atoms with Gasteiger partial charge in [0.25, 0.3) is 0 Å². The average molecular weight is 128 g/mol. The van der Waals surface area contributed by atoms with Crippen LogP contribution in [0.25, 0.3) is 0 Å². The maximum atomic E-state index is 3.92. The highest BCUT2D eigenvalue weighted by Crippen LogP contribution is 2.14. The first kappa shape index (κ1) is 5.56. The van der Waals surface area contributed by atoms with Crippen molar-refractivity contribution in [3.63, 3.8) is 0 Å². The van der Waals surface area contributed by atoms with Gasteiger partial charge >= 0.3 is 0 Å². The lowest BCUT2D eigenvalue weighted by Gasteiger charge is -2.05. The van der Waals surface area contributed by atoms with Crippen molar-refractivity contribution in [1.82, 2.24) is 4.98 Å². The number of nitrogens with zero attached hydrogens (tertiary/aromatic N) is 2. The smallest absolute Gasteiger partial charge is 0.110 e. The molecule has 0 spiro atoms. The zero-order valence-corrected chi connectivity index (χ0v) is 5.77. The highest BCUT2D eigenvalue weighted by molar-refractivity contribution is 7.13. The van der Waals surface area contributed by atoms with E-state index in [9.17, 15) is 0 Å². The molecular weight excluding hydrogens is 120 g/mol. The Balaban J connectivity index is 2.77. The largest absolute Gasteiger partial charge is 0.368 e. The van der Waals surface area contributed by atoms with E-state index in [0.29, 0.717) is 0 Å². The summed E-state index contributed by atoms with van der Waals surface area (Å²) in [6, 6.07) is 0. The van der Waals surface area contributed by atoms with Crippen molar-refractivity contribution in [3.8, 4) is 0 Å². The molecule has 1 heterocycles. The van der Waals surface area contributed by atoms with Crippen LogP contribution < -0.4 is 4.90 Å². The second-order valence-electron chi connectivity index (χ2n) is 1.73. The molecule has 0 saturated heterocycles. The maximum Gasteiger partial charge on any atom is 0.110 e. The zero-order valence-electron chi connectivity index (χ0n) is 4.96. The quantitative estimate of drug-likeness (QED) is 0.565. The lowest BCUT2D eigenvalue weighted by Crippen LogP contribution is -2.05. The minimum absolute atomic E-state index is 1.20. The standard InChI is InChI=1S/C5H8N2S/c1-7(2)5-3-6-4-8-5/h3-4H,1-2H3. The molecule has 1 aromatic heterocycles. The minimum Gasteiger partial charge on any atom is -0.368 e. The van der Waals surface area contributed by atoms with Crippen molar-refractivity contribution in [2.75, 3.05) is 19.0 Å². The van der Waals surface area contributed by atoms with Crippen molar-refractivity contribution < 1.29 is 0 Å². The highest BCUT2D eigenvalue weighted by Gasteiger charge is 1.91. The summed E-state index contributed by atoms with van der Waals surface area (Å²) >= 11 is 1.65. The van der Waals surface area contributed by atoms with Crippen molar-refractivity contribution in [2.45, 2.75) is 0 Å². The Morgan fingerprint density at radius 2 is 2.38 bits per heavy atom. The normalized spacial score (nSPS) is 9.25. The number of rotatable bonds is 1. The van der Waals surface area contributed by atoms with Gasteiger partial charge in [0.2, 0.25) is 0 Å². The Morgan fingerprint density at radius 1 is 1.62 bits per heavy atom. The molecule has 0 fully saturated rings. The topological polar surface area (TPSA) is 16.1 Å². The summed E-state index contributed by atoms with van der Waals surface area (Å²) in [4.78, 5) is 5.96. The van der Waals surface area contributed by atoms with Crippen molar-refractivity contribution in [1.29, 1.82) is 0 Å². The molecule has 0 unspecified atom stereocenters. The van der Waals surface area contributed by atoms with E-state index in [2.05, 4.69) is 4.98 Å². The van der Waals surface area contributed by atoms with Crippen LogP contribution in [0.5, 0.6) is 0 Å². The van der Waals surface area contributed by atoms with Crippen LogP contribution in [0.1, 0.15) is 0 Å². The third-order valence-electron chi connectivity index (χ3n) is 0.860. The van der Waals surface area contributed by atoms with Crippen LogP contribution >= 0.6 is 11.3 Å². The van der Waals surface area contributed by atoms with E-state index in [-0.39, 0.29) is 0 Å². The van der Waals surface area contributed by atoms with E-state index in [0.717, 1.165) is 0 Å². The van der Waals surface area contributed by atoms with Crippen LogP contribution in [0.3, 0.4) is 0 Å². The zero-order chi connectivity index (χ0) is 5.98. The third-order valence-corrected chi connectivity index (χ3v) is 1.80.